The van der Waals surface area contributed by atoms with Crippen LogP contribution in [0.3, 0.4) is 0 Å². The number of nitrogens with one attached hydrogen (secondary N) is 1. The molecule has 0 heterocycles. The molecule has 0 aromatic heterocycles. The molecule has 1 atom stereocenters. The van der Waals surface area contributed by atoms with Gasteiger partial charge in [-0.1, -0.05) is 30.3 Å². The Morgan fingerprint density at radius 3 is 2.29 bits per heavy atom. The van der Waals surface area contributed by atoms with Crippen molar-refractivity contribution in [3.05, 3.63) is 35.9 Å². The highest BCUT2D eigenvalue weighted by Gasteiger charge is 2.18. The van der Waals surface area contributed by atoms with Crippen LogP contribution in [0, 0.1) is 0 Å². The molecule has 1 amide bonds. The van der Waals surface area contributed by atoms with Gasteiger partial charge in [0.05, 0.1) is 0 Å². The summed E-state index contributed by atoms with van der Waals surface area (Å²) in [5, 5.41) is 1.88. The largest absolute Gasteiger partial charge is 0.341 e. The van der Waals surface area contributed by atoms with E-state index in [1.165, 1.54) is 6.92 Å². The second-order valence-corrected chi connectivity index (χ2v) is 3.22. The van der Waals surface area contributed by atoms with Gasteiger partial charge >= 0.3 is 0 Å². The third kappa shape index (κ3) is 2.85. The first-order chi connectivity index (χ1) is 6.61. The summed E-state index contributed by atoms with van der Waals surface area (Å²) < 4.78 is 0. The highest BCUT2D eigenvalue weighted by Crippen LogP contribution is 2.15. The van der Waals surface area contributed by atoms with Crippen LogP contribution in [0.2, 0.25) is 0 Å². The van der Waals surface area contributed by atoms with Crippen LogP contribution in [0.25, 0.3) is 0 Å². The Hall–Kier alpha value is -1.35. The second-order valence-electron chi connectivity index (χ2n) is 2.85. The van der Waals surface area contributed by atoms with Crippen molar-refractivity contribution in [2.45, 2.75) is 13.0 Å². The molecule has 0 saturated carbocycles. The van der Waals surface area contributed by atoms with Gasteiger partial charge in [0.25, 0.3) is 0 Å². The van der Waals surface area contributed by atoms with E-state index in [1.54, 1.807) is 24.3 Å². The molecular formula is C10H10ClNO2. The molecule has 4 heteroatoms. The summed E-state index contributed by atoms with van der Waals surface area (Å²) in [6, 6.07) is 8.11. The zero-order chi connectivity index (χ0) is 10.6. The number of halogens is 1. The molecule has 0 aliphatic heterocycles. The fraction of sp³-hybridized carbons (Fsp3) is 0.200. The van der Waals surface area contributed by atoms with Crippen LogP contribution in [-0.2, 0) is 9.59 Å². The summed E-state index contributed by atoms with van der Waals surface area (Å²) in [5.41, 5.74) is 0.683. The molecule has 1 aromatic rings. The molecule has 1 unspecified atom stereocenters. The topological polar surface area (TPSA) is 46.2 Å². The lowest BCUT2D eigenvalue weighted by Crippen LogP contribution is -2.29. The van der Waals surface area contributed by atoms with Crippen LogP contribution in [0.1, 0.15) is 18.5 Å². The van der Waals surface area contributed by atoms with E-state index < -0.39 is 11.3 Å². The smallest absolute Gasteiger partial charge is 0.248 e. The first kappa shape index (κ1) is 10.7. The quantitative estimate of drug-likeness (QED) is 0.773. The molecule has 74 valence electrons. The fourth-order valence-corrected chi connectivity index (χ4v) is 1.30. The average molecular weight is 212 g/mol. The second kappa shape index (κ2) is 4.77. The van der Waals surface area contributed by atoms with Crippen LogP contribution >= 0.6 is 11.6 Å². The highest BCUT2D eigenvalue weighted by atomic mass is 35.5. The third-order valence-corrected chi connectivity index (χ3v) is 1.93. The van der Waals surface area contributed by atoms with Crippen molar-refractivity contribution in [1.82, 2.24) is 5.32 Å². The van der Waals surface area contributed by atoms with E-state index in [4.69, 9.17) is 11.6 Å². The summed E-state index contributed by atoms with van der Waals surface area (Å²) in [5.74, 6) is -0.284. The third-order valence-electron chi connectivity index (χ3n) is 1.71. The zero-order valence-electron chi connectivity index (χ0n) is 7.66. The average Bonchev–Trinajstić information content (AvgIpc) is 2.15. The van der Waals surface area contributed by atoms with Gasteiger partial charge in [0.1, 0.15) is 6.04 Å². The first-order valence-electron chi connectivity index (χ1n) is 4.12. The van der Waals surface area contributed by atoms with E-state index in [9.17, 15) is 9.59 Å². The Bertz CT molecular complexity index is 337. The normalized spacial score (nSPS) is 11.9. The maximum Gasteiger partial charge on any atom is 0.248 e. The summed E-state index contributed by atoms with van der Waals surface area (Å²) in [7, 11) is 0. The van der Waals surface area contributed by atoms with Gasteiger partial charge in [-0.15, -0.1) is 0 Å². The number of rotatable bonds is 3. The van der Waals surface area contributed by atoms with Crippen LogP contribution in [-0.4, -0.2) is 11.1 Å². The Labute approximate surface area is 87.1 Å². The minimum Gasteiger partial charge on any atom is -0.341 e. The van der Waals surface area contributed by atoms with Gasteiger partial charge in [0.15, 0.2) is 0 Å². The minimum absolute atomic E-state index is 0.284. The predicted molar refractivity (Wildman–Crippen MR) is 53.9 cm³/mol. The molecule has 1 N–H and O–H groups in total. The number of carbonyl (C=O) groups is 2. The van der Waals surface area contributed by atoms with Crippen molar-refractivity contribution in [1.29, 1.82) is 0 Å². The SMILES string of the molecule is CC(=O)NC(C(=O)Cl)c1ccccc1. The van der Waals surface area contributed by atoms with E-state index in [2.05, 4.69) is 5.32 Å². The van der Waals surface area contributed by atoms with E-state index in [0.717, 1.165) is 0 Å². The molecule has 1 aromatic carbocycles. The molecular weight excluding hydrogens is 202 g/mol. The zero-order valence-corrected chi connectivity index (χ0v) is 8.41. The highest BCUT2D eigenvalue weighted by molar-refractivity contribution is 6.64. The maximum absolute atomic E-state index is 11.0. The molecule has 0 bridgehead atoms. The van der Waals surface area contributed by atoms with Crippen LogP contribution < -0.4 is 5.32 Å². The molecule has 0 spiro atoms. The minimum atomic E-state index is -0.754. The number of amides is 1. The number of hydrogen-bond acceptors (Lipinski definition) is 2. The Balaban J connectivity index is 2.89. The maximum atomic E-state index is 11.0. The molecule has 14 heavy (non-hydrogen) atoms. The lowest BCUT2D eigenvalue weighted by atomic mass is 10.1. The van der Waals surface area contributed by atoms with Gasteiger partial charge in [-0.25, -0.2) is 0 Å². The molecule has 0 fully saturated rings. The number of carbonyl (C=O) groups excluding carboxylic acids is 2. The number of hydrogen-bond donors (Lipinski definition) is 1. The summed E-state index contributed by atoms with van der Waals surface area (Å²) >= 11 is 5.37. The standard InChI is InChI=1S/C10H10ClNO2/c1-7(13)12-9(10(11)14)8-5-3-2-4-6-8/h2-6,9H,1H3,(H,12,13). The van der Waals surface area contributed by atoms with E-state index in [1.807, 2.05) is 6.07 Å². The lowest BCUT2D eigenvalue weighted by molar-refractivity contribution is -0.123. The van der Waals surface area contributed by atoms with Crippen LogP contribution in [0.15, 0.2) is 30.3 Å². The molecule has 1 rings (SSSR count). The number of benzene rings is 1. The molecule has 0 aliphatic rings. The van der Waals surface area contributed by atoms with Gasteiger partial charge in [0, 0.05) is 6.92 Å². The monoisotopic (exact) mass is 211 g/mol. The van der Waals surface area contributed by atoms with Gasteiger partial charge < -0.3 is 5.32 Å². The van der Waals surface area contributed by atoms with Crippen molar-refractivity contribution in [3.8, 4) is 0 Å². The van der Waals surface area contributed by atoms with Crippen molar-refractivity contribution in [2.75, 3.05) is 0 Å². The fourth-order valence-electron chi connectivity index (χ4n) is 1.12. The Morgan fingerprint density at radius 1 is 1.29 bits per heavy atom. The Kier molecular flexibility index (Phi) is 3.65. The van der Waals surface area contributed by atoms with E-state index in [-0.39, 0.29) is 5.91 Å². The van der Waals surface area contributed by atoms with E-state index in [0.29, 0.717) is 5.56 Å². The van der Waals surface area contributed by atoms with E-state index >= 15 is 0 Å². The summed E-state index contributed by atoms with van der Waals surface area (Å²) in [6.07, 6.45) is 0. The van der Waals surface area contributed by atoms with Gasteiger partial charge in [-0.05, 0) is 17.2 Å². The molecule has 0 radical (unpaired) electrons. The van der Waals surface area contributed by atoms with Crippen LogP contribution in [0.5, 0.6) is 0 Å². The van der Waals surface area contributed by atoms with Crippen LogP contribution in [0.4, 0.5) is 0 Å². The lowest BCUT2D eigenvalue weighted by Gasteiger charge is -2.13. The van der Waals surface area contributed by atoms with Gasteiger partial charge in [-0.2, -0.15) is 0 Å². The van der Waals surface area contributed by atoms with Crippen molar-refractivity contribution >= 4 is 22.8 Å². The van der Waals surface area contributed by atoms with Gasteiger partial charge in [0.2, 0.25) is 11.1 Å². The molecule has 0 saturated heterocycles. The summed E-state index contributed by atoms with van der Waals surface area (Å²) in [4.78, 5) is 21.8. The molecule has 0 aliphatic carbocycles. The predicted octanol–water partition coefficient (Wildman–Crippen LogP) is 1.63. The van der Waals surface area contributed by atoms with Crippen molar-refractivity contribution in [3.63, 3.8) is 0 Å². The van der Waals surface area contributed by atoms with Gasteiger partial charge in [-0.3, -0.25) is 9.59 Å². The van der Waals surface area contributed by atoms with Crippen molar-refractivity contribution in [2.24, 2.45) is 0 Å². The first-order valence-corrected chi connectivity index (χ1v) is 4.50. The molecule has 3 nitrogen and oxygen atoms in total. The Morgan fingerprint density at radius 2 is 1.86 bits per heavy atom. The van der Waals surface area contributed by atoms with Crippen molar-refractivity contribution < 1.29 is 9.59 Å². The summed E-state index contributed by atoms with van der Waals surface area (Å²) in [6.45, 7) is 1.34.